The van der Waals surface area contributed by atoms with Gasteiger partial charge in [0.25, 0.3) is 0 Å². The second-order valence-corrected chi connectivity index (χ2v) is 13.5. The van der Waals surface area contributed by atoms with Crippen LogP contribution in [0.5, 0.6) is 0 Å². The molecule has 0 saturated carbocycles. The molecule has 3 aromatic carbocycles. The Labute approximate surface area is 256 Å². The van der Waals surface area contributed by atoms with Crippen LogP contribution >= 0.6 is 11.8 Å². The number of anilines is 2. The number of nitrogens with zero attached hydrogens (tertiary/aromatic N) is 1. The van der Waals surface area contributed by atoms with Gasteiger partial charge in [-0.15, -0.1) is 11.8 Å². The van der Waals surface area contributed by atoms with E-state index in [2.05, 4.69) is 67.7 Å². The highest BCUT2D eigenvalue weighted by Crippen LogP contribution is 2.31. The molecule has 8 heteroatoms. The summed E-state index contributed by atoms with van der Waals surface area (Å²) in [5.74, 6) is 0.276. The Morgan fingerprint density at radius 1 is 1.02 bits per heavy atom. The molecular weight excluding hydrogens is 563 g/mol. The van der Waals surface area contributed by atoms with E-state index in [4.69, 9.17) is 0 Å². The summed E-state index contributed by atoms with van der Waals surface area (Å²) in [5.41, 5.74) is 6.22. The van der Waals surface area contributed by atoms with Gasteiger partial charge >= 0.3 is 0 Å². The molecule has 3 atom stereocenters. The van der Waals surface area contributed by atoms with Gasteiger partial charge in [-0.25, -0.2) is 8.42 Å². The van der Waals surface area contributed by atoms with Crippen LogP contribution in [0.2, 0.25) is 0 Å². The zero-order valence-corrected chi connectivity index (χ0v) is 26.8. The first-order chi connectivity index (χ1) is 20.0. The molecule has 2 N–H and O–H groups in total. The van der Waals surface area contributed by atoms with Crippen molar-refractivity contribution in [2.75, 3.05) is 29.5 Å². The summed E-state index contributed by atoms with van der Waals surface area (Å²) in [5, 5.41) is 10.8. The van der Waals surface area contributed by atoms with Crippen molar-refractivity contribution in [3.63, 3.8) is 0 Å². The number of benzene rings is 3. The van der Waals surface area contributed by atoms with Crippen molar-refractivity contribution < 1.29 is 13.2 Å². The number of hydrogen-bond donors (Lipinski definition) is 2. The van der Waals surface area contributed by atoms with Gasteiger partial charge in [-0.2, -0.15) is 0 Å². The molecule has 0 aliphatic heterocycles. The Morgan fingerprint density at radius 2 is 1.71 bits per heavy atom. The fourth-order valence-electron chi connectivity index (χ4n) is 4.91. The number of hydrogen-bond acceptors (Lipinski definition) is 6. The van der Waals surface area contributed by atoms with E-state index in [1.165, 1.54) is 33.5 Å². The summed E-state index contributed by atoms with van der Waals surface area (Å²) in [6.07, 6.45) is 2.73. The predicted molar refractivity (Wildman–Crippen MR) is 180 cm³/mol. The van der Waals surface area contributed by atoms with E-state index in [0.29, 0.717) is 17.8 Å². The molecule has 6 nitrogen and oxygen atoms in total. The van der Waals surface area contributed by atoms with Crippen LogP contribution in [0, 0.1) is 0 Å². The number of carbonyl (C=O) groups excluding carboxylic acids is 1. The number of rotatable bonds is 16. The van der Waals surface area contributed by atoms with Gasteiger partial charge in [0.15, 0.2) is 0 Å². The highest BCUT2D eigenvalue weighted by atomic mass is 32.2. The molecule has 0 aliphatic rings. The number of allylic oxidation sites excluding steroid dienone is 1. The highest BCUT2D eigenvalue weighted by molar-refractivity contribution is 8.04. The molecule has 0 radical (unpaired) electrons. The van der Waals surface area contributed by atoms with Crippen LogP contribution in [0.15, 0.2) is 95.8 Å². The molecule has 3 rings (SSSR count). The maximum Gasteiger partial charge on any atom is 0.232 e. The van der Waals surface area contributed by atoms with Gasteiger partial charge in [0, 0.05) is 36.8 Å². The van der Waals surface area contributed by atoms with Crippen molar-refractivity contribution in [2.24, 2.45) is 0 Å². The lowest BCUT2D eigenvalue weighted by Gasteiger charge is -2.28. The first-order valence-corrected chi connectivity index (χ1v) is 16.9. The van der Waals surface area contributed by atoms with Crippen molar-refractivity contribution in [3.05, 3.63) is 118 Å². The van der Waals surface area contributed by atoms with E-state index in [1.54, 1.807) is 11.5 Å². The molecule has 0 amide bonds. The zero-order chi connectivity index (χ0) is 30.7. The number of sulfonamides is 1. The largest absolute Gasteiger partial charge is 0.388 e. The summed E-state index contributed by atoms with van der Waals surface area (Å²) >= 11 is 1.54. The Bertz CT molecular complexity index is 1460. The first kappa shape index (κ1) is 33.2. The molecule has 0 spiro atoms. The van der Waals surface area contributed by atoms with E-state index < -0.39 is 10.0 Å². The van der Waals surface area contributed by atoms with Gasteiger partial charge in [0.2, 0.25) is 10.0 Å². The van der Waals surface area contributed by atoms with Gasteiger partial charge in [0.1, 0.15) is 6.29 Å². The highest BCUT2D eigenvalue weighted by Gasteiger charge is 2.23. The third-order valence-corrected chi connectivity index (χ3v) is 9.39. The van der Waals surface area contributed by atoms with Crippen LogP contribution in [0.4, 0.5) is 11.4 Å². The summed E-state index contributed by atoms with van der Waals surface area (Å²) in [4.78, 5) is 12.1. The van der Waals surface area contributed by atoms with E-state index in [9.17, 15) is 13.2 Å². The monoisotopic (exact) mass is 605 g/mol. The molecule has 0 unspecified atom stereocenters. The molecule has 0 saturated heterocycles. The van der Waals surface area contributed by atoms with Crippen LogP contribution in [-0.4, -0.2) is 40.6 Å². The number of nitrogens with one attached hydrogen (secondary N) is 2. The minimum absolute atomic E-state index is 0.00441. The summed E-state index contributed by atoms with van der Waals surface area (Å²) < 4.78 is 27.3. The maximum absolute atomic E-state index is 13.0. The maximum atomic E-state index is 13.0. The van der Waals surface area contributed by atoms with E-state index in [1.807, 2.05) is 49.5 Å². The molecule has 0 fully saturated rings. The molecule has 0 bridgehead atoms. The lowest BCUT2D eigenvalue weighted by atomic mass is 9.89. The smallest absolute Gasteiger partial charge is 0.232 e. The average molecular weight is 606 g/mol. The Kier molecular flexibility index (Phi) is 12.5. The van der Waals surface area contributed by atoms with Gasteiger partial charge < -0.3 is 10.6 Å². The zero-order valence-electron chi connectivity index (χ0n) is 25.2. The molecule has 0 aromatic heterocycles. The van der Waals surface area contributed by atoms with Crippen molar-refractivity contribution >= 4 is 39.4 Å². The van der Waals surface area contributed by atoms with Crippen molar-refractivity contribution in [3.8, 4) is 0 Å². The fraction of sp³-hybridized carbons (Fsp3) is 0.324. The minimum Gasteiger partial charge on any atom is -0.388 e. The Balaban J connectivity index is 1.95. The molecule has 0 aliphatic carbocycles. The molecule has 224 valence electrons. The Hall–Kier alpha value is -3.33. The molecular formula is C34H43N3O3S2. The predicted octanol–water partition coefficient (Wildman–Crippen LogP) is 7.54. The normalized spacial score (nSPS) is 14.1. The summed E-state index contributed by atoms with van der Waals surface area (Å²) in [7, 11) is -1.71. The standard InChI is InChI=1S/C34H43N3O3S2/c1-7-41-24-25(2)17-32(21-36-27(4)26(3)30-13-15-33(35-5)16-14-30)31-18-29(23-38)19-34(20-31)37(42(6,39)40)22-28-11-9-8-10-12-28/h7-16,18-20,23-24,26-27,32,35-36H,1,17,21-22H2,2-6H3/b25-24+/t26-,27-,32-/m0/s1. The fourth-order valence-corrected chi connectivity index (χ4v) is 6.21. The van der Waals surface area contributed by atoms with Crippen LogP contribution in [-0.2, 0) is 16.6 Å². The SMILES string of the molecule is C=CS/C=C(\C)C[C@@H](CN[C@@H](C)[C@H](C)c1ccc(NC)cc1)c1cc(C=O)cc(N(Cc2ccccc2)S(C)(=O)=O)c1. The first-order valence-electron chi connectivity index (χ1n) is 14.1. The van der Waals surface area contributed by atoms with Crippen LogP contribution in [0.3, 0.4) is 0 Å². The minimum atomic E-state index is -3.62. The second kappa shape index (κ2) is 15.8. The van der Waals surface area contributed by atoms with Gasteiger partial charge in [0.05, 0.1) is 18.5 Å². The molecule has 0 heterocycles. The number of carbonyl (C=O) groups is 1. The van der Waals surface area contributed by atoms with Crippen molar-refractivity contribution in [1.29, 1.82) is 0 Å². The van der Waals surface area contributed by atoms with Crippen LogP contribution in [0.1, 0.15) is 66.1 Å². The molecule has 42 heavy (non-hydrogen) atoms. The molecule has 3 aromatic rings. The summed E-state index contributed by atoms with van der Waals surface area (Å²) in [6, 6.07) is 23.6. The lowest BCUT2D eigenvalue weighted by Crippen LogP contribution is -2.34. The van der Waals surface area contributed by atoms with Gasteiger partial charge in [-0.05, 0) is 84.0 Å². The van der Waals surface area contributed by atoms with Crippen LogP contribution in [0.25, 0.3) is 0 Å². The number of thioether (sulfide) groups is 1. The van der Waals surface area contributed by atoms with Gasteiger partial charge in [-0.1, -0.05) is 61.5 Å². The third kappa shape index (κ3) is 9.61. The van der Waals surface area contributed by atoms with Gasteiger partial charge in [-0.3, -0.25) is 9.10 Å². The van der Waals surface area contributed by atoms with E-state index in [0.717, 1.165) is 29.5 Å². The lowest BCUT2D eigenvalue weighted by molar-refractivity contribution is 0.112. The van der Waals surface area contributed by atoms with Crippen molar-refractivity contribution in [2.45, 2.75) is 51.6 Å². The third-order valence-electron chi connectivity index (χ3n) is 7.52. The second-order valence-electron chi connectivity index (χ2n) is 10.8. The summed E-state index contributed by atoms with van der Waals surface area (Å²) in [6.45, 7) is 11.1. The van der Waals surface area contributed by atoms with E-state index >= 15 is 0 Å². The van der Waals surface area contributed by atoms with Crippen molar-refractivity contribution in [1.82, 2.24) is 5.32 Å². The quantitative estimate of drug-likeness (QED) is 0.164. The van der Waals surface area contributed by atoms with E-state index in [-0.39, 0.29) is 24.4 Å². The topological polar surface area (TPSA) is 78.5 Å². The average Bonchev–Trinajstić information content (AvgIpc) is 2.99. The van der Waals surface area contributed by atoms with Crippen LogP contribution < -0.4 is 14.9 Å². The number of aldehydes is 1. The Morgan fingerprint density at radius 3 is 2.31 bits per heavy atom.